The molecule has 0 atom stereocenters. The number of benzene rings is 2. The zero-order chi connectivity index (χ0) is 51.8. The number of carbonyl (C=O) groups is 2. The number of Topliss-reactive ketones (excluding diaryl/α,β-unsaturated/α-hetero) is 2. The molecule has 0 radical (unpaired) electrons. The van der Waals surface area contributed by atoms with Gasteiger partial charge in [0, 0.05) is 42.4 Å². The standard InChI is InChI=1S/C26H34N4O3.C18H18ClN3O2.C9H18O.CH3F/c1-17-14-23-27-21(15-22(31)18-6-8-19(9-7-18)25(2,3)32)16-24(30(23)28-17)29-12-10-20(11-13-29)26(4,5)33;1-11-8-17-20-14(10-16(19)22(17)21-11)9-15(23)12-4-6-13(7-5-12)18(2,3)24;1-9(2,10)8-6-4-3-5-7-8;1-2/h6-9,14,16,20,32-33H,10-13,15H2,1-5H3;4-8,10,24H,9H2,1-3H3;8,10H,3-7H2,1-2H3;1H3/i;;;1D. The number of anilines is 1. The lowest BCUT2D eigenvalue weighted by Gasteiger charge is -2.38. The van der Waals surface area contributed by atoms with E-state index in [-0.39, 0.29) is 30.3 Å². The van der Waals surface area contributed by atoms with E-state index in [9.17, 15) is 34.4 Å². The molecule has 1 saturated heterocycles. The highest BCUT2D eigenvalue weighted by molar-refractivity contribution is 6.29. The quantitative estimate of drug-likeness (QED) is 0.0718. The molecule has 0 bridgehead atoms. The van der Waals surface area contributed by atoms with Crippen LogP contribution in [0.3, 0.4) is 0 Å². The molecule has 0 unspecified atom stereocenters. The smallest absolute Gasteiger partial charge is 0.168 e. The van der Waals surface area contributed by atoms with Crippen LogP contribution in [0.4, 0.5) is 10.2 Å². The molecule has 1 aliphatic heterocycles. The lowest BCUT2D eigenvalue weighted by Crippen LogP contribution is -2.42. The van der Waals surface area contributed by atoms with Gasteiger partial charge in [0.1, 0.15) is 11.0 Å². The summed E-state index contributed by atoms with van der Waals surface area (Å²) in [6, 6.07) is 21.4. The predicted octanol–water partition coefficient (Wildman–Crippen LogP) is 9.95. The Labute approximate surface area is 413 Å². The molecule has 4 aromatic heterocycles. The van der Waals surface area contributed by atoms with Crippen molar-refractivity contribution in [2.45, 2.75) is 149 Å². The number of hydrogen-bond acceptors (Lipinski definition) is 11. The molecular formula is C54H73ClFN7O6. The number of hydrogen-bond donors (Lipinski definition) is 4. The van der Waals surface area contributed by atoms with Gasteiger partial charge in [-0.25, -0.2) is 14.5 Å². The average molecular weight is 972 g/mol. The Morgan fingerprint density at radius 1 is 0.638 bits per heavy atom. The predicted molar refractivity (Wildman–Crippen MR) is 271 cm³/mol. The van der Waals surface area contributed by atoms with Crippen LogP contribution in [0.5, 0.6) is 0 Å². The summed E-state index contributed by atoms with van der Waals surface area (Å²) in [6.45, 7) is 19.9. The first-order valence-electron chi connectivity index (χ1n) is 24.5. The monoisotopic (exact) mass is 971 g/mol. The lowest BCUT2D eigenvalue weighted by molar-refractivity contribution is 0.000789. The van der Waals surface area contributed by atoms with E-state index in [1.165, 1.54) is 32.1 Å². The van der Waals surface area contributed by atoms with Gasteiger partial charge in [-0.05, 0) is 124 Å². The molecule has 15 heteroatoms. The zero-order valence-electron chi connectivity index (χ0n) is 43.1. The van der Waals surface area contributed by atoms with Crippen LogP contribution >= 0.6 is 11.6 Å². The molecular weight excluding hydrogens is 897 g/mol. The van der Waals surface area contributed by atoms with Crippen molar-refractivity contribution in [3.63, 3.8) is 0 Å². The summed E-state index contributed by atoms with van der Waals surface area (Å²) in [5.41, 5.74) is 4.08. The minimum atomic E-state index is -1.00. The van der Waals surface area contributed by atoms with Crippen LogP contribution in [0.25, 0.3) is 11.3 Å². The van der Waals surface area contributed by atoms with Gasteiger partial charge in [0.25, 0.3) is 0 Å². The number of fused-ring (bicyclic) bond motifs is 2. The van der Waals surface area contributed by atoms with Crippen LogP contribution in [0.15, 0.2) is 72.8 Å². The van der Waals surface area contributed by atoms with Crippen molar-refractivity contribution in [2.75, 3.05) is 25.1 Å². The maximum Gasteiger partial charge on any atom is 0.168 e. The third-order valence-electron chi connectivity index (χ3n) is 13.1. The van der Waals surface area contributed by atoms with Gasteiger partial charge < -0.3 is 25.3 Å². The van der Waals surface area contributed by atoms with E-state index in [0.717, 1.165) is 59.9 Å². The molecule has 2 aromatic carbocycles. The van der Waals surface area contributed by atoms with Crippen LogP contribution in [-0.2, 0) is 24.0 Å². The number of nitrogens with zero attached hydrogens (tertiary/aromatic N) is 7. The molecule has 6 aromatic rings. The van der Waals surface area contributed by atoms with Crippen molar-refractivity contribution >= 4 is 40.3 Å². The summed E-state index contributed by atoms with van der Waals surface area (Å²) >= 11 is 6.20. The largest absolute Gasteiger partial charge is 0.390 e. The Balaban J connectivity index is 0.000000214. The molecule has 1 saturated carbocycles. The molecule has 13 nitrogen and oxygen atoms in total. The van der Waals surface area contributed by atoms with Gasteiger partial charge in [-0.3, -0.25) is 14.0 Å². The Morgan fingerprint density at radius 3 is 1.43 bits per heavy atom. The molecule has 374 valence electrons. The number of alkyl halides is 1. The van der Waals surface area contributed by atoms with Crippen molar-refractivity contribution in [1.82, 2.24) is 29.2 Å². The highest BCUT2D eigenvalue weighted by Crippen LogP contribution is 2.33. The Morgan fingerprint density at radius 2 is 1.03 bits per heavy atom. The van der Waals surface area contributed by atoms with Gasteiger partial charge in [0.15, 0.2) is 22.9 Å². The third-order valence-corrected chi connectivity index (χ3v) is 13.3. The molecule has 69 heavy (non-hydrogen) atoms. The lowest BCUT2D eigenvalue weighted by atomic mass is 9.79. The molecule has 8 rings (SSSR count). The van der Waals surface area contributed by atoms with Gasteiger partial charge in [-0.15, -0.1) is 0 Å². The van der Waals surface area contributed by atoms with Crippen molar-refractivity contribution in [3.05, 3.63) is 123 Å². The number of aromatic nitrogens is 6. The third kappa shape index (κ3) is 14.9. The highest BCUT2D eigenvalue weighted by atomic mass is 35.5. The Hall–Kier alpha value is -5.12. The fraction of sp³-hybridized carbons (Fsp3) is 0.519. The second kappa shape index (κ2) is 22.7. The van der Waals surface area contributed by atoms with Crippen LogP contribution in [-0.4, -0.2) is 92.6 Å². The number of aryl methyl sites for hydroxylation is 2. The van der Waals surface area contributed by atoms with Crippen molar-refractivity contribution in [2.24, 2.45) is 11.8 Å². The van der Waals surface area contributed by atoms with Crippen molar-refractivity contribution in [3.8, 4) is 0 Å². The summed E-state index contributed by atoms with van der Waals surface area (Å²) < 4.78 is 18.9. The average Bonchev–Trinajstić information content (AvgIpc) is 3.87. The number of ketones is 2. The zero-order valence-corrected chi connectivity index (χ0v) is 42.8. The van der Waals surface area contributed by atoms with E-state index in [2.05, 4.69) is 20.1 Å². The van der Waals surface area contributed by atoms with Crippen LogP contribution in [0.2, 0.25) is 5.15 Å². The first-order chi connectivity index (χ1) is 32.7. The van der Waals surface area contributed by atoms with Crippen LogP contribution < -0.4 is 4.90 Å². The number of carbonyl (C=O) groups excluding carboxylic acids is 2. The van der Waals surface area contributed by atoms with E-state index in [0.29, 0.717) is 39.2 Å². The van der Waals surface area contributed by atoms with Crippen LogP contribution in [0, 0.1) is 25.7 Å². The Bertz CT molecular complexity index is 2670. The fourth-order valence-electron chi connectivity index (χ4n) is 8.92. The van der Waals surface area contributed by atoms with E-state index >= 15 is 0 Å². The minimum absolute atomic E-state index is 0.0166. The number of halogens is 2. The highest BCUT2D eigenvalue weighted by Gasteiger charge is 2.32. The summed E-state index contributed by atoms with van der Waals surface area (Å²) in [6.07, 6.45) is 8.59. The second-order valence-corrected chi connectivity index (χ2v) is 21.1. The molecule has 2 fully saturated rings. The maximum atomic E-state index is 13.0. The topological polar surface area (TPSA) is 179 Å². The van der Waals surface area contributed by atoms with Crippen LogP contribution in [0.1, 0.15) is 156 Å². The SMILES string of the molecule is CC(C)(O)C1CCCCC1.Cc1cc2nc(CC(=O)c3ccc(C(C)(C)O)cc3)cc(Cl)n2n1.Cc1cc2nc(CC(=O)c3ccc(C(C)(C)O)cc3)cc(N3CCC(C(C)(C)O)CC3)n2n1.[2H]CF. The molecule has 4 N–H and O–H groups in total. The number of aliphatic hydroxyl groups is 4. The number of rotatable bonds is 11. The normalized spacial score (nSPS) is 15.4. The first-order valence-corrected chi connectivity index (χ1v) is 24.2. The van der Waals surface area contributed by atoms with E-state index in [1.54, 1.807) is 86.8 Å². The van der Waals surface area contributed by atoms with E-state index < -0.39 is 29.6 Å². The van der Waals surface area contributed by atoms with E-state index in [4.69, 9.17) is 18.0 Å². The van der Waals surface area contributed by atoms with Gasteiger partial charge in [0.2, 0.25) is 0 Å². The van der Waals surface area contributed by atoms with Crippen molar-refractivity contribution < 1.29 is 35.8 Å². The molecule has 0 amide bonds. The first kappa shape index (κ1) is 53.2. The van der Waals surface area contributed by atoms with Gasteiger partial charge in [-0.2, -0.15) is 14.7 Å². The second-order valence-electron chi connectivity index (χ2n) is 20.7. The fourth-order valence-corrected chi connectivity index (χ4v) is 9.17. The summed E-state index contributed by atoms with van der Waals surface area (Å²) in [4.78, 5) is 36.9. The van der Waals surface area contributed by atoms with Gasteiger partial charge in [0.05, 0.1) is 66.5 Å². The molecule has 2 aliphatic rings. The molecule has 5 heterocycles. The maximum absolute atomic E-state index is 13.0. The van der Waals surface area contributed by atoms with Gasteiger partial charge >= 0.3 is 0 Å². The Kier molecular flexibility index (Phi) is 17.6. The molecule has 1 aliphatic carbocycles. The number of piperidine rings is 1. The van der Waals surface area contributed by atoms with Crippen molar-refractivity contribution in [1.29, 1.82) is 0 Å². The molecule has 0 spiro atoms. The van der Waals surface area contributed by atoms with E-state index in [1.807, 2.05) is 64.3 Å². The summed E-state index contributed by atoms with van der Waals surface area (Å²) in [5.74, 6) is 1.68. The minimum Gasteiger partial charge on any atom is -0.390 e. The van der Waals surface area contributed by atoms with Gasteiger partial charge in [-0.1, -0.05) is 79.4 Å². The summed E-state index contributed by atoms with van der Waals surface area (Å²) in [5, 5.41) is 49.4. The summed E-state index contributed by atoms with van der Waals surface area (Å²) in [7, 11) is -1.00.